The molecular weight excluding hydrogens is 550 g/mol. The van der Waals surface area contributed by atoms with Gasteiger partial charge in [-0.25, -0.2) is 4.68 Å². The van der Waals surface area contributed by atoms with Crippen molar-refractivity contribution in [1.29, 1.82) is 0 Å². The number of hydrogen-bond acceptors (Lipinski definition) is 7. The highest BCUT2D eigenvalue weighted by atomic mass is 32.1. The highest BCUT2D eigenvalue weighted by Gasteiger charge is 2.38. The van der Waals surface area contributed by atoms with Crippen molar-refractivity contribution in [3.8, 4) is 5.75 Å². The van der Waals surface area contributed by atoms with E-state index in [1.165, 1.54) is 10.8 Å². The predicted octanol–water partition coefficient (Wildman–Crippen LogP) is 5.52. The number of carboxylic acids is 1. The Morgan fingerprint density at radius 2 is 2.05 bits per heavy atom. The standard InChI is InChI=1S/C32H33N5O4S/c1-17-23(6-7-25-30(17)34-35-36(25)3)24(14-29(39)40)21-12-20-10-11-42-32(20)22(13-21)15-37-16-27(19-4-5-19)41-26-8-9-28(38)33-31(26)18(37)2/h6-13,18-19,24,27H,4-5,14-16H2,1-3H3,(H,33,38)(H,39,40)/t18-,24+,27-/m0/s1. The molecule has 2 N–H and O–H groups in total. The van der Waals surface area contributed by atoms with Gasteiger partial charge in [-0.05, 0) is 89.9 Å². The number of H-pyrrole nitrogens is 1. The molecule has 7 rings (SSSR count). The maximum absolute atomic E-state index is 12.3. The first-order valence-electron chi connectivity index (χ1n) is 14.4. The molecule has 0 radical (unpaired) electrons. The number of rotatable bonds is 7. The summed E-state index contributed by atoms with van der Waals surface area (Å²) >= 11 is 1.70. The Balaban J connectivity index is 1.31. The van der Waals surface area contributed by atoms with Crippen LogP contribution in [0.15, 0.2) is 52.6 Å². The van der Waals surface area contributed by atoms with Crippen molar-refractivity contribution in [2.24, 2.45) is 13.0 Å². The van der Waals surface area contributed by atoms with Crippen LogP contribution in [0.3, 0.4) is 0 Å². The zero-order valence-electron chi connectivity index (χ0n) is 23.8. The molecule has 0 saturated heterocycles. The summed E-state index contributed by atoms with van der Waals surface area (Å²) in [7, 11) is 1.86. The number of aliphatic carboxylic acids is 1. The van der Waals surface area contributed by atoms with Crippen LogP contribution in [-0.4, -0.2) is 48.6 Å². The third kappa shape index (κ3) is 4.78. The van der Waals surface area contributed by atoms with E-state index in [0.717, 1.165) is 69.5 Å². The number of ether oxygens (including phenoxy) is 1. The summed E-state index contributed by atoms with van der Waals surface area (Å²) in [5.41, 5.74) is 6.39. The van der Waals surface area contributed by atoms with E-state index < -0.39 is 5.97 Å². The monoisotopic (exact) mass is 583 g/mol. The number of hydrogen-bond donors (Lipinski definition) is 2. The van der Waals surface area contributed by atoms with Gasteiger partial charge in [-0.1, -0.05) is 17.3 Å². The lowest BCUT2D eigenvalue weighted by Gasteiger charge is -2.29. The van der Waals surface area contributed by atoms with Crippen LogP contribution in [0, 0.1) is 12.8 Å². The molecule has 9 nitrogen and oxygen atoms in total. The van der Waals surface area contributed by atoms with Gasteiger partial charge in [-0.2, -0.15) is 0 Å². The van der Waals surface area contributed by atoms with Crippen molar-refractivity contribution in [1.82, 2.24) is 24.9 Å². The van der Waals surface area contributed by atoms with Gasteiger partial charge in [0.05, 0.1) is 23.7 Å². The molecule has 10 heteroatoms. The van der Waals surface area contributed by atoms with Gasteiger partial charge in [0.1, 0.15) is 17.4 Å². The Labute approximate surface area is 246 Å². The Hall–Kier alpha value is -4.02. The van der Waals surface area contributed by atoms with Crippen LogP contribution in [-0.2, 0) is 18.4 Å². The van der Waals surface area contributed by atoms with Gasteiger partial charge in [0.2, 0.25) is 5.56 Å². The van der Waals surface area contributed by atoms with E-state index >= 15 is 0 Å². The van der Waals surface area contributed by atoms with E-state index in [0.29, 0.717) is 12.5 Å². The SMILES string of the molecule is Cc1c([C@H](CC(=O)O)c2cc(CN3C[C@@H](C4CC4)Oc4ccc(=O)[nH]c4[C@@H]3C)c3sccc3c2)ccc2c1nnn2C. The first-order valence-corrected chi connectivity index (χ1v) is 15.3. The van der Waals surface area contributed by atoms with Crippen molar-refractivity contribution in [2.75, 3.05) is 6.54 Å². The Kier molecular flexibility index (Phi) is 6.62. The topological polar surface area (TPSA) is 113 Å². The molecular formula is C32H33N5O4S. The average molecular weight is 584 g/mol. The fraction of sp³-hybridized carbons (Fsp3) is 0.375. The first kappa shape index (κ1) is 26.9. The number of nitrogens with one attached hydrogen (secondary N) is 1. The largest absolute Gasteiger partial charge is 0.487 e. The van der Waals surface area contributed by atoms with E-state index in [4.69, 9.17) is 4.74 Å². The third-order valence-corrected chi connectivity index (χ3v) is 9.98. The smallest absolute Gasteiger partial charge is 0.304 e. The van der Waals surface area contributed by atoms with E-state index in [1.54, 1.807) is 22.1 Å². The number of thiophene rings is 1. The zero-order chi connectivity index (χ0) is 29.1. The minimum Gasteiger partial charge on any atom is -0.487 e. The zero-order valence-corrected chi connectivity index (χ0v) is 24.6. The van der Waals surface area contributed by atoms with Gasteiger partial charge in [-0.3, -0.25) is 14.5 Å². The summed E-state index contributed by atoms with van der Waals surface area (Å²) in [6, 6.07) is 13.7. The minimum absolute atomic E-state index is 0.0337. The molecule has 0 amide bonds. The predicted molar refractivity (Wildman–Crippen MR) is 162 cm³/mol. The molecule has 216 valence electrons. The van der Waals surface area contributed by atoms with Gasteiger partial charge in [0, 0.05) is 36.8 Å². The molecule has 0 unspecified atom stereocenters. The number of aryl methyl sites for hydroxylation is 2. The van der Waals surface area contributed by atoms with E-state index in [9.17, 15) is 14.7 Å². The van der Waals surface area contributed by atoms with Gasteiger partial charge < -0.3 is 14.8 Å². The van der Waals surface area contributed by atoms with Crippen molar-refractivity contribution in [3.05, 3.63) is 86.1 Å². The van der Waals surface area contributed by atoms with E-state index in [-0.39, 0.29) is 30.0 Å². The van der Waals surface area contributed by atoms with Crippen LogP contribution in [0.25, 0.3) is 21.1 Å². The number of fused-ring (bicyclic) bond motifs is 3. The number of carbonyl (C=O) groups is 1. The lowest BCUT2D eigenvalue weighted by Crippen LogP contribution is -2.35. The number of pyridine rings is 1. The normalized spacial score (nSPS) is 19.9. The van der Waals surface area contributed by atoms with Gasteiger partial charge in [0.25, 0.3) is 0 Å². The molecule has 5 aromatic rings. The highest BCUT2D eigenvalue weighted by Crippen LogP contribution is 2.42. The second kappa shape index (κ2) is 10.4. The Bertz CT molecular complexity index is 1890. The maximum atomic E-state index is 12.3. The fourth-order valence-corrected chi connectivity index (χ4v) is 7.39. The summed E-state index contributed by atoms with van der Waals surface area (Å²) in [6.07, 6.45) is 2.34. The van der Waals surface area contributed by atoms with Crippen LogP contribution in [0.4, 0.5) is 0 Å². The number of nitrogens with zero attached hydrogens (tertiary/aromatic N) is 4. The van der Waals surface area contributed by atoms with Crippen LogP contribution in [0.1, 0.15) is 66.1 Å². The molecule has 2 aromatic carbocycles. The molecule has 42 heavy (non-hydrogen) atoms. The van der Waals surface area contributed by atoms with E-state index in [1.807, 2.05) is 26.1 Å². The molecule has 1 saturated carbocycles. The summed E-state index contributed by atoms with van der Waals surface area (Å²) in [6.45, 7) is 5.52. The molecule has 1 aliphatic carbocycles. The summed E-state index contributed by atoms with van der Waals surface area (Å²) in [5.74, 6) is 0.0763. The molecule has 2 aliphatic rings. The highest BCUT2D eigenvalue weighted by molar-refractivity contribution is 7.17. The number of benzene rings is 2. The fourth-order valence-electron chi connectivity index (χ4n) is 6.50. The van der Waals surface area contributed by atoms with E-state index in [2.05, 4.69) is 50.7 Å². The molecule has 0 spiro atoms. The van der Waals surface area contributed by atoms with Crippen LogP contribution in [0.5, 0.6) is 5.75 Å². The van der Waals surface area contributed by atoms with Crippen molar-refractivity contribution < 1.29 is 14.6 Å². The second-order valence-corrected chi connectivity index (χ2v) is 12.6. The van der Waals surface area contributed by atoms with Crippen molar-refractivity contribution >= 4 is 38.4 Å². The number of aromatic amines is 1. The van der Waals surface area contributed by atoms with Gasteiger partial charge in [0.15, 0.2) is 0 Å². The number of carboxylic acid groups (broad SMARTS) is 1. The van der Waals surface area contributed by atoms with Crippen LogP contribution >= 0.6 is 11.3 Å². The summed E-state index contributed by atoms with van der Waals surface area (Å²) in [4.78, 5) is 29.9. The quantitative estimate of drug-likeness (QED) is 0.259. The molecule has 4 heterocycles. The second-order valence-electron chi connectivity index (χ2n) is 11.7. The molecule has 1 aliphatic heterocycles. The van der Waals surface area contributed by atoms with Crippen molar-refractivity contribution in [3.63, 3.8) is 0 Å². The first-order chi connectivity index (χ1) is 20.3. The minimum atomic E-state index is -0.850. The maximum Gasteiger partial charge on any atom is 0.304 e. The lowest BCUT2D eigenvalue weighted by atomic mass is 9.84. The van der Waals surface area contributed by atoms with Crippen LogP contribution < -0.4 is 10.3 Å². The molecule has 0 bridgehead atoms. The molecule has 1 fully saturated rings. The average Bonchev–Trinajstić information content (AvgIpc) is 3.61. The summed E-state index contributed by atoms with van der Waals surface area (Å²) < 4.78 is 9.40. The summed E-state index contributed by atoms with van der Waals surface area (Å²) in [5, 5.41) is 21.7. The molecule has 3 atom stereocenters. The Morgan fingerprint density at radius 1 is 1.21 bits per heavy atom. The Morgan fingerprint density at radius 3 is 2.83 bits per heavy atom. The van der Waals surface area contributed by atoms with Crippen molar-refractivity contribution in [2.45, 2.75) is 57.7 Å². The van der Waals surface area contributed by atoms with Crippen LogP contribution in [0.2, 0.25) is 0 Å². The molecule has 3 aromatic heterocycles. The van der Waals surface area contributed by atoms with Gasteiger partial charge >= 0.3 is 5.97 Å². The third-order valence-electron chi connectivity index (χ3n) is 8.97. The van der Waals surface area contributed by atoms with Gasteiger partial charge in [-0.15, -0.1) is 16.4 Å². The number of aromatic nitrogens is 4. The lowest BCUT2D eigenvalue weighted by molar-refractivity contribution is -0.137.